The van der Waals surface area contributed by atoms with Crippen molar-refractivity contribution in [2.45, 2.75) is 62.3 Å². The van der Waals surface area contributed by atoms with Crippen LogP contribution < -0.4 is 4.73 Å². The molecule has 0 radical (unpaired) electrons. The zero-order valence-electron chi connectivity index (χ0n) is 19.5. The van der Waals surface area contributed by atoms with Gasteiger partial charge >= 0.3 is 0 Å². The topological polar surface area (TPSA) is 96.4 Å². The van der Waals surface area contributed by atoms with Gasteiger partial charge in [-0.05, 0) is 37.0 Å². The van der Waals surface area contributed by atoms with Crippen molar-refractivity contribution >= 4 is 26.8 Å². The van der Waals surface area contributed by atoms with Gasteiger partial charge < -0.3 is 9.47 Å². The second kappa shape index (κ2) is 8.44. The predicted octanol–water partition coefficient (Wildman–Crippen LogP) is 2.95. The van der Waals surface area contributed by atoms with Crippen LogP contribution in [0.3, 0.4) is 0 Å². The molecule has 3 aromatic rings. The van der Waals surface area contributed by atoms with Crippen LogP contribution in [0.4, 0.5) is 0 Å². The third-order valence-electron chi connectivity index (χ3n) is 6.29. The molecule has 0 aliphatic carbocycles. The molecule has 33 heavy (non-hydrogen) atoms. The van der Waals surface area contributed by atoms with E-state index in [1.807, 2.05) is 11.0 Å². The number of amides is 1. The van der Waals surface area contributed by atoms with Crippen LogP contribution in [0.25, 0.3) is 11.0 Å². The van der Waals surface area contributed by atoms with Gasteiger partial charge in [0.1, 0.15) is 5.82 Å². The van der Waals surface area contributed by atoms with E-state index in [9.17, 15) is 18.4 Å². The first-order chi connectivity index (χ1) is 15.5. The minimum absolute atomic E-state index is 0.111. The summed E-state index contributed by atoms with van der Waals surface area (Å²) in [6.07, 6.45) is 4.45. The first-order valence-electron chi connectivity index (χ1n) is 11.2. The predicted molar refractivity (Wildman–Crippen MR) is 123 cm³/mol. The molecule has 1 fully saturated rings. The normalized spacial score (nSPS) is 15.8. The molecule has 1 amide bonds. The van der Waals surface area contributed by atoms with E-state index >= 15 is 0 Å². The van der Waals surface area contributed by atoms with Gasteiger partial charge in [0.25, 0.3) is 0 Å². The van der Waals surface area contributed by atoms with Crippen LogP contribution in [0.1, 0.15) is 46.4 Å². The minimum Gasteiger partial charge on any atom is -0.343 e. The van der Waals surface area contributed by atoms with Crippen molar-refractivity contribution < 1.29 is 23.1 Å². The summed E-state index contributed by atoms with van der Waals surface area (Å²) in [5, 5.41) is 9.41. The molecule has 0 unspecified atom stereocenters. The Labute approximate surface area is 194 Å². The smallest absolute Gasteiger partial charge is 0.223 e. The van der Waals surface area contributed by atoms with Crippen LogP contribution in [0.5, 0.6) is 0 Å². The largest absolute Gasteiger partial charge is 0.343 e. The number of benzene rings is 1. The Kier molecular flexibility index (Phi) is 5.94. The molecule has 0 saturated carbocycles. The van der Waals surface area contributed by atoms with Gasteiger partial charge in [-0.25, -0.2) is 13.4 Å². The Bertz CT molecular complexity index is 1280. The van der Waals surface area contributed by atoms with Gasteiger partial charge in [0.05, 0.1) is 20.8 Å². The van der Waals surface area contributed by atoms with E-state index in [4.69, 9.17) is 4.98 Å². The maximum atomic E-state index is 13.1. The molecule has 3 heterocycles. The molecule has 1 aliphatic heterocycles. The third kappa shape index (κ3) is 4.59. The molecule has 2 aromatic heterocycles. The maximum absolute atomic E-state index is 13.1. The average molecular weight is 472 g/mol. The van der Waals surface area contributed by atoms with Crippen LogP contribution in [0.2, 0.25) is 0 Å². The van der Waals surface area contributed by atoms with E-state index in [1.165, 1.54) is 24.5 Å². The summed E-state index contributed by atoms with van der Waals surface area (Å²) in [5.74, 6) is 1.47. The zero-order chi connectivity index (χ0) is 24.0. The van der Waals surface area contributed by atoms with Crippen LogP contribution >= 0.6 is 0 Å². The number of pyridine rings is 1. The lowest BCUT2D eigenvalue weighted by Crippen LogP contribution is -2.38. The highest BCUT2D eigenvalue weighted by molar-refractivity contribution is 7.91. The van der Waals surface area contributed by atoms with Crippen molar-refractivity contribution in [1.82, 2.24) is 14.5 Å². The molecule has 0 spiro atoms. The van der Waals surface area contributed by atoms with Gasteiger partial charge in [-0.2, -0.15) is 0 Å². The van der Waals surface area contributed by atoms with Gasteiger partial charge in [0.15, 0.2) is 0 Å². The molecule has 1 N–H and O–H groups in total. The van der Waals surface area contributed by atoms with Gasteiger partial charge in [-0.3, -0.25) is 10.0 Å². The molecular formula is C24H31N4O4S+. The number of rotatable bonds is 4. The van der Waals surface area contributed by atoms with Gasteiger partial charge in [-0.15, -0.1) is 0 Å². The summed E-state index contributed by atoms with van der Waals surface area (Å²) in [5.41, 5.74) is 1.34. The molecule has 1 aromatic carbocycles. The van der Waals surface area contributed by atoms with Crippen molar-refractivity contribution in [3.05, 3.63) is 48.5 Å². The first kappa shape index (κ1) is 23.2. The van der Waals surface area contributed by atoms with Crippen LogP contribution in [-0.2, 0) is 26.6 Å². The zero-order valence-corrected chi connectivity index (χ0v) is 20.3. The number of carbonyl (C=O) groups is 1. The SMILES string of the molecule is CC(=O)N1CCC(Cn2c(C(C)(C)C)nc3cc(S(=O)(=O)c4cc[n+](O)cc4)ccc32)CC1. The summed E-state index contributed by atoms with van der Waals surface area (Å²) >= 11 is 0. The van der Waals surface area contributed by atoms with E-state index < -0.39 is 9.84 Å². The number of nitrogens with zero attached hydrogens (tertiary/aromatic N) is 4. The van der Waals surface area contributed by atoms with E-state index in [0.29, 0.717) is 11.4 Å². The fraction of sp³-hybridized carbons (Fsp3) is 0.458. The molecule has 1 aliphatic rings. The van der Waals surface area contributed by atoms with Gasteiger partial charge in [0, 0.05) is 48.8 Å². The monoisotopic (exact) mass is 471 g/mol. The van der Waals surface area contributed by atoms with Gasteiger partial charge in [0.2, 0.25) is 28.1 Å². The number of carbonyl (C=O) groups excluding carboxylic acids is 1. The summed E-state index contributed by atoms with van der Waals surface area (Å²) in [4.78, 5) is 18.7. The number of aromatic nitrogens is 3. The standard InChI is InChI=1S/C24H31N4O4S/c1-17(29)26-11-7-18(8-12-26)16-28-22-6-5-20(15-21(22)25-23(28)24(2,3)4)33(31,32)19-9-13-27(30)14-10-19/h5-6,9-10,13-15,18,30H,7-8,11-12,16H2,1-4H3/q+1. The summed E-state index contributed by atoms with van der Waals surface area (Å²) < 4.78 is 29.3. The van der Waals surface area contributed by atoms with E-state index in [2.05, 4.69) is 25.3 Å². The third-order valence-corrected chi connectivity index (χ3v) is 8.06. The van der Waals surface area contributed by atoms with Crippen molar-refractivity contribution in [3.63, 3.8) is 0 Å². The molecule has 176 valence electrons. The van der Waals surface area contributed by atoms with E-state index in [1.54, 1.807) is 19.1 Å². The number of piperidine rings is 1. The Balaban J connectivity index is 1.70. The lowest BCUT2D eigenvalue weighted by atomic mass is 9.93. The number of likely N-dealkylation sites (tertiary alicyclic amines) is 1. The number of imidazole rings is 1. The summed E-state index contributed by atoms with van der Waals surface area (Å²) in [6, 6.07) is 7.83. The molecule has 4 rings (SSSR count). The Morgan fingerprint density at radius 3 is 2.33 bits per heavy atom. The highest BCUT2D eigenvalue weighted by Gasteiger charge is 2.28. The Morgan fingerprint density at radius 1 is 1.12 bits per heavy atom. The second-order valence-electron chi connectivity index (χ2n) is 9.81. The summed E-state index contributed by atoms with van der Waals surface area (Å²) in [7, 11) is -3.74. The minimum atomic E-state index is -3.74. The fourth-order valence-corrected chi connectivity index (χ4v) is 5.71. The van der Waals surface area contributed by atoms with Crippen molar-refractivity contribution in [2.24, 2.45) is 5.92 Å². The molecule has 0 atom stereocenters. The molecule has 0 bridgehead atoms. The number of hydrogen-bond donors (Lipinski definition) is 1. The highest BCUT2D eigenvalue weighted by atomic mass is 32.2. The van der Waals surface area contributed by atoms with Crippen LogP contribution in [0, 0.1) is 5.92 Å². The Morgan fingerprint density at radius 2 is 1.76 bits per heavy atom. The molecular weight excluding hydrogens is 440 g/mol. The highest BCUT2D eigenvalue weighted by Crippen LogP contribution is 2.31. The lowest BCUT2D eigenvalue weighted by Gasteiger charge is -2.32. The quantitative estimate of drug-likeness (QED) is 0.466. The second-order valence-corrected chi connectivity index (χ2v) is 11.8. The van der Waals surface area contributed by atoms with Crippen molar-refractivity contribution in [1.29, 1.82) is 0 Å². The van der Waals surface area contributed by atoms with E-state index in [0.717, 1.165) is 48.5 Å². The maximum Gasteiger partial charge on any atom is 0.223 e. The van der Waals surface area contributed by atoms with Crippen LogP contribution in [0.15, 0.2) is 52.5 Å². The van der Waals surface area contributed by atoms with Gasteiger partial charge in [-0.1, -0.05) is 20.8 Å². The van der Waals surface area contributed by atoms with E-state index in [-0.39, 0.29) is 21.1 Å². The summed E-state index contributed by atoms with van der Waals surface area (Å²) in [6.45, 7) is 10.3. The first-order valence-corrected chi connectivity index (χ1v) is 12.7. The van der Waals surface area contributed by atoms with Crippen molar-refractivity contribution in [3.8, 4) is 0 Å². The number of sulfone groups is 1. The molecule has 9 heteroatoms. The molecule has 8 nitrogen and oxygen atoms in total. The number of fused-ring (bicyclic) bond motifs is 1. The van der Waals surface area contributed by atoms with Crippen LogP contribution in [-0.4, -0.2) is 47.1 Å². The molecule has 1 saturated heterocycles. The Hall–Kier alpha value is -2.94. The van der Waals surface area contributed by atoms with Crippen molar-refractivity contribution in [2.75, 3.05) is 13.1 Å². The fourth-order valence-electron chi connectivity index (χ4n) is 4.44. The average Bonchev–Trinajstić information content (AvgIpc) is 3.12. The lowest BCUT2D eigenvalue weighted by molar-refractivity contribution is -0.905. The number of hydrogen-bond acceptors (Lipinski definition) is 5.